The van der Waals surface area contributed by atoms with E-state index in [4.69, 9.17) is 0 Å². The van der Waals surface area contributed by atoms with Crippen LogP contribution in [0.3, 0.4) is 0 Å². The molecular formula is C15H15N5O3. The summed E-state index contributed by atoms with van der Waals surface area (Å²) in [5, 5.41) is 10.4. The number of hydrogen-bond donors (Lipinski definition) is 1. The first-order valence-electron chi connectivity index (χ1n) is 7.20. The van der Waals surface area contributed by atoms with Gasteiger partial charge in [-0.05, 0) is 19.1 Å². The highest BCUT2D eigenvalue weighted by atomic mass is 16.2. The summed E-state index contributed by atoms with van der Waals surface area (Å²) in [6.07, 6.45) is 1.87. The van der Waals surface area contributed by atoms with Gasteiger partial charge in [0.25, 0.3) is 0 Å². The molecule has 1 unspecified atom stereocenters. The molecule has 0 spiro atoms. The molecule has 8 heteroatoms. The molecule has 0 bridgehead atoms. The fourth-order valence-electron chi connectivity index (χ4n) is 2.40. The molecule has 1 N–H and O–H groups in total. The van der Waals surface area contributed by atoms with Crippen molar-refractivity contribution in [1.29, 1.82) is 0 Å². The number of nitrogens with zero attached hydrogens (tertiary/aromatic N) is 4. The molecule has 0 radical (unpaired) electrons. The molecule has 3 rings (SSSR count). The van der Waals surface area contributed by atoms with Gasteiger partial charge in [-0.2, -0.15) is 0 Å². The number of likely N-dealkylation sites (tertiary alicyclic amines) is 1. The summed E-state index contributed by atoms with van der Waals surface area (Å²) in [6.45, 7) is 1.51. The van der Waals surface area contributed by atoms with Crippen molar-refractivity contribution in [2.75, 3.05) is 5.32 Å². The van der Waals surface area contributed by atoms with Crippen LogP contribution in [-0.2, 0) is 14.4 Å². The highest BCUT2D eigenvalue weighted by Gasteiger charge is 2.36. The maximum atomic E-state index is 12.2. The smallest absolute Gasteiger partial charge is 0.248 e. The van der Waals surface area contributed by atoms with Crippen molar-refractivity contribution in [3.63, 3.8) is 0 Å². The Balaban J connectivity index is 1.70. The molecule has 2 aromatic rings. The summed E-state index contributed by atoms with van der Waals surface area (Å²) in [6, 6.07) is 8.44. The number of para-hydroxylation sites is 1. The van der Waals surface area contributed by atoms with Gasteiger partial charge in [0, 0.05) is 12.8 Å². The topological polar surface area (TPSA) is 97.2 Å². The number of aromatic nitrogens is 3. The highest BCUT2D eigenvalue weighted by molar-refractivity contribution is 6.07. The molecule has 0 aliphatic carbocycles. The zero-order valence-corrected chi connectivity index (χ0v) is 12.5. The highest BCUT2D eigenvalue weighted by Crippen LogP contribution is 2.16. The minimum atomic E-state index is -0.876. The van der Waals surface area contributed by atoms with E-state index in [-0.39, 0.29) is 30.5 Å². The van der Waals surface area contributed by atoms with Crippen molar-refractivity contribution in [1.82, 2.24) is 19.9 Å². The molecule has 1 aromatic carbocycles. The summed E-state index contributed by atoms with van der Waals surface area (Å²) in [5.41, 5.74) is 0.804. The lowest BCUT2D eigenvalue weighted by molar-refractivity contribution is -0.144. The van der Waals surface area contributed by atoms with Crippen molar-refractivity contribution in [3.8, 4) is 5.69 Å². The number of carbonyl (C=O) groups excluding carboxylic acids is 3. The Bertz CT molecular complexity index is 739. The third kappa shape index (κ3) is 2.96. The third-order valence-electron chi connectivity index (χ3n) is 3.62. The van der Waals surface area contributed by atoms with Gasteiger partial charge in [0.1, 0.15) is 6.04 Å². The lowest BCUT2D eigenvalue weighted by atomic mass is 10.2. The Morgan fingerprint density at radius 1 is 1.17 bits per heavy atom. The number of rotatable bonds is 4. The van der Waals surface area contributed by atoms with E-state index < -0.39 is 11.9 Å². The molecule has 8 nitrogen and oxygen atoms in total. The van der Waals surface area contributed by atoms with Gasteiger partial charge >= 0.3 is 0 Å². The standard InChI is InChI=1S/C15H15N5O3/c1-10(20-13(21)7-8-14(20)22)15(23)16-12-9-19(18-17-12)11-5-3-2-4-6-11/h2-6,9-10H,7-8H2,1H3,(H,16,23). The number of amides is 3. The summed E-state index contributed by atoms with van der Waals surface area (Å²) in [5.74, 6) is -0.880. The minimum Gasteiger partial charge on any atom is -0.306 e. The molecule has 1 aromatic heterocycles. The maximum absolute atomic E-state index is 12.2. The van der Waals surface area contributed by atoms with E-state index in [1.54, 1.807) is 6.20 Å². The second-order valence-corrected chi connectivity index (χ2v) is 5.21. The van der Waals surface area contributed by atoms with Crippen molar-refractivity contribution < 1.29 is 14.4 Å². The predicted octanol–water partition coefficient (Wildman–Crippen LogP) is 0.743. The van der Waals surface area contributed by atoms with Gasteiger partial charge in [0.2, 0.25) is 17.7 Å². The summed E-state index contributed by atoms with van der Waals surface area (Å²) in [7, 11) is 0. The van der Waals surface area contributed by atoms with Crippen molar-refractivity contribution in [2.45, 2.75) is 25.8 Å². The lowest BCUT2D eigenvalue weighted by Crippen LogP contribution is -2.45. The number of benzene rings is 1. The van der Waals surface area contributed by atoms with Crippen LogP contribution < -0.4 is 5.32 Å². The molecule has 0 saturated carbocycles. The summed E-state index contributed by atoms with van der Waals surface area (Å²) >= 11 is 0. The quantitative estimate of drug-likeness (QED) is 0.840. The maximum Gasteiger partial charge on any atom is 0.248 e. The SMILES string of the molecule is CC(C(=O)Nc1cn(-c2ccccc2)nn1)N1C(=O)CCC1=O. The normalized spacial score (nSPS) is 15.8. The van der Waals surface area contributed by atoms with Gasteiger partial charge < -0.3 is 5.32 Å². The minimum absolute atomic E-state index is 0.153. The Labute approximate surface area is 132 Å². The van der Waals surface area contributed by atoms with Crippen LogP contribution in [0, 0.1) is 0 Å². The summed E-state index contributed by atoms with van der Waals surface area (Å²) in [4.78, 5) is 36.5. The zero-order chi connectivity index (χ0) is 16.4. The van der Waals surface area contributed by atoms with Crippen LogP contribution >= 0.6 is 0 Å². The van der Waals surface area contributed by atoms with Crippen LogP contribution in [0.15, 0.2) is 36.5 Å². The fourth-order valence-corrected chi connectivity index (χ4v) is 2.40. The van der Waals surface area contributed by atoms with Gasteiger partial charge in [-0.1, -0.05) is 23.4 Å². The van der Waals surface area contributed by atoms with Crippen LogP contribution in [0.25, 0.3) is 5.69 Å². The van der Waals surface area contributed by atoms with E-state index in [1.807, 2.05) is 30.3 Å². The Morgan fingerprint density at radius 2 is 1.83 bits per heavy atom. The molecule has 1 aliphatic heterocycles. The second-order valence-electron chi connectivity index (χ2n) is 5.21. The molecule has 1 fully saturated rings. The van der Waals surface area contributed by atoms with E-state index >= 15 is 0 Å². The number of carbonyl (C=O) groups is 3. The molecular weight excluding hydrogens is 298 g/mol. The molecule has 23 heavy (non-hydrogen) atoms. The van der Waals surface area contributed by atoms with Crippen LogP contribution in [0.2, 0.25) is 0 Å². The Kier molecular flexibility index (Phi) is 3.88. The second kappa shape index (κ2) is 5.99. The van der Waals surface area contributed by atoms with Gasteiger partial charge in [0.05, 0.1) is 11.9 Å². The van der Waals surface area contributed by atoms with E-state index in [0.29, 0.717) is 0 Å². The first kappa shape index (κ1) is 14.9. The fraction of sp³-hybridized carbons (Fsp3) is 0.267. The Hall–Kier alpha value is -3.03. The van der Waals surface area contributed by atoms with E-state index in [9.17, 15) is 14.4 Å². The van der Waals surface area contributed by atoms with Crippen LogP contribution in [0.5, 0.6) is 0 Å². The lowest BCUT2D eigenvalue weighted by Gasteiger charge is -2.20. The van der Waals surface area contributed by atoms with Crippen LogP contribution in [-0.4, -0.2) is 43.7 Å². The number of anilines is 1. The molecule has 1 saturated heterocycles. The van der Waals surface area contributed by atoms with E-state index in [0.717, 1.165) is 10.6 Å². The molecule has 2 heterocycles. The zero-order valence-electron chi connectivity index (χ0n) is 12.5. The van der Waals surface area contributed by atoms with Gasteiger partial charge in [-0.3, -0.25) is 19.3 Å². The monoisotopic (exact) mass is 313 g/mol. The molecule has 1 aliphatic rings. The summed E-state index contributed by atoms with van der Waals surface area (Å²) < 4.78 is 1.52. The molecule has 118 valence electrons. The van der Waals surface area contributed by atoms with E-state index in [2.05, 4.69) is 15.6 Å². The number of nitrogens with one attached hydrogen (secondary N) is 1. The largest absolute Gasteiger partial charge is 0.306 e. The molecule has 3 amide bonds. The number of hydrogen-bond acceptors (Lipinski definition) is 5. The number of imide groups is 1. The molecule has 1 atom stereocenters. The van der Waals surface area contributed by atoms with Crippen LogP contribution in [0.4, 0.5) is 5.82 Å². The first-order valence-corrected chi connectivity index (χ1v) is 7.20. The average molecular weight is 313 g/mol. The third-order valence-corrected chi connectivity index (χ3v) is 3.62. The van der Waals surface area contributed by atoms with Gasteiger partial charge in [0.15, 0.2) is 5.82 Å². The van der Waals surface area contributed by atoms with Crippen LogP contribution in [0.1, 0.15) is 19.8 Å². The van der Waals surface area contributed by atoms with Gasteiger partial charge in [-0.15, -0.1) is 5.10 Å². The Morgan fingerprint density at radius 3 is 2.48 bits per heavy atom. The van der Waals surface area contributed by atoms with Crippen molar-refractivity contribution in [2.24, 2.45) is 0 Å². The van der Waals surface area contributed by atoms with Crippen molar-refractivity contribution in [3.05, 3.63) is 36.5 Å². The predicted molar refractivity (Wildman–Crippen MR) is 80.5 cm³/mol. The average Bonchev–Trinajstić information content (AvgIpc) is 3.14. The van der Waals surface area contributed by atoms with Gasteiger partial charge in [-0.25, -0.2) is 4.68 Å². The van der Waals surface area contributed by atoms with E-state index in [1.165, 1.54) is 11.6 Å². The van der Waals surface area contributed by atoms with Crippen molar-refractivity contribution >= 4 is 23.5 Å². The first-order chi connectivity index (χ1) is 11.1.